The highest BCUT2D eigenvalue weighted by Crippen LogP contribution is 2.05. The Balaban J connectivity index is 3.68. The van der Waals surface area contributed by atoms with Crippen molar-refractivity contribution in [3.63, 3.8) is 0 Å². The Morgan fingerprint density at radius 2 is 2.40 bits per heavy atom. The van der Waals surface area contributed by atoms with Crippen LogP contribution >= 0.6 is 12.6 Å². The molecule has 0 aliphatic rings. The standard InChI is InChI=1S/C6H12O3S/c1-9-6(8)5(4-10)2-3-7/h5,7,10H,2-4H2,1H3. The number of thiol groups is 1. The molecule has 3 nitrogen and oxygen atoms in total. The van der Waals surface area contributed by atoms with Gasteiger partial charge in [0.2, 0.25) is 0 Å². The smallest absolute Gasteiger partial charge is 0.309 e. The molecule has 0 aliphatic heterocycles. The molecule has 0 spiro atoms. The molecule has 1 N–H and O–H groups in total. The Hall–Kier alpha value is -0.220. The van der Waals surface area contributed by atoms with Gasteiger partial charge >= 0.3 is 5.97 Å². The van der Waals surface area contributed by atoms with E-state index < -0.39 is 0 Å². The number of rotatable bonds is 4. The SMILES string of the molecule is COC(=O)C(CS)CCO. The second kappa shape index (κ2) is 5.56. The molecule has 60 valence electrons. The average molecular weight is 164 g/mol. The van der Waals surface area contributed by atoms with E-state index in [0.29, 0.717) is 12.2 Å². The van der Waals surface area contributed by atoms with E-state index in [-0.39, 0.29) is 18.5 Å². The zero-order valence-electron chi connectivity index (χ0n) is 5.91. The fraction of sp³-hybridized carbons (Fsp3) is 0.833. The van der Waals surface area contributed by atoms with Gasteiger partial charge in [0.05, 0.1) is 13.0 Å². The van der Waals surface area contributed by atoms with Gasteiger partial charge in [0.25, 0.3) is 0 Å². The molecule has 0 aromatic rings. The Labute approximate surface area is 65.8 Å². The quantitative estimate of drug-likeness (QED) is 0.457. The second-order valence-electron chi connectivity index (χ2n) is 1.91. The van der Waals surface area contributed by atoms with Crippen molar-refractivity contribution < 1.29 is 14.6 Å². The van der Waals surface area contributed by atoms with Crippen LogP contribution in [0.2, 0.25) is 0 Å². The topological polar surface area (TPSA) is 46.5 Å². The molecule has 10 heavy (non-hydrogen) atoms. The molecule has 0 rings (SSSR count). The van der Waals surface area contributed by atoms with Crippen LogP contribution in [-0.2, 0) is 9.53 Å². The molecule has 0 saturated heterocycles. The summed E-state index contributed by atoms with van der Waals surface area (Å²) in [5, 5.41) is 8.47. The number of carbonyl (C=O) groups excluding carboxylic acids is 1. The monoisotopic (exact) mass is 164 g/mol. The lowest BCUT2D eigenvalue weighted by molar-refractivity contribution is -0.145. The highest BCUT2D eigenvalue weighted by atomic mass is 32.1. The first-order valence-electron chi connectivity index (χ1n) is 3.05. The van der Waals surface area contributed by atoms with Crippen molar-refractivity contribution in [1.29, 1.82) is 0 Å². The van der Waals surface area contributed by atoms with Crippen LogP contribution in [0.3, 0.4) is 0 Å². The largest absolute Gasteiger partial charge is 0.469 e. The number of ether oxygens (including phenoxy) is 1. The predicted octanol–water partition coefficient (Wildman–Crippen LogP) is 0.0878. The van der Waals surface area contributed by atoms with Crippen molar-refractivity contribution in [2.45, 2.75) is 6.42 Å². The number of methoxy groups -OCH3 is 1. The molecule has 1 atom stereocenters. The predicted molar refractivity (Wildman–Crippen MR) is 41.1 cm³/mol. The summed E-state index contributed by atoms with van der Waals surface area (Å²) >= 11 is 3.93. The fourth-order valence-electron chi connectivity index (χ4n) is 0.606. The maximum absolute atomic E-state index is 10.8. The van der Waals surface area contributed by atoms with Gasteiger partial charge in [0.15, 0.2) is 0 Å². The molecule has 0 radical (unpaired) electrons. The van der Waals surface area contributed by atoms with Crippen molar-refractivity contribution in [1.82, 2.24) is 0 Å². The summed E-state index contributed by atoms with van der Waals surface area (Å²) < 4.78 is 4.46. The Bertz CT molecular complexity index is 105. The van der Waals surface area contributed by atoms with Crippen LogP contribution in [0.5, 0.6) is 0 Å². The van der Waals surface area contributed by atoms with Gasteiger partial charge in [-0.05, 0) is 6.42 Å². The van der Waals surface area contributed by atoms with E-state index >= 15 is 0 Å². The molecule has 4 heteroatoms. The molecule has 0 aromatic heterocycles. The van der Waals surface area contributed by atoms with Gasteiger partial charge in [0, 0.05) is 12.4 Å². The highest BCUT2D eigenvalue weighted by Gasteiger charge is 2.15. The average Bonchev–Trinajstić information content (AvgIpc) is 1.99. The number of carbonyl (C=O) groups is 1. The van der Waals surface area contributed by atoms with E-state index in [1.54, 1.807) is 0 Å². The van der Waals surface area contributed by atoms with Gasteiger partial charge in [-0.15, -0.1) is 0 Å². The number of esters is 1. The van der Waals surface area contributed by atoms with E-state index in [0.717, 1.165) is 0 Å². The normalized spacial score (nSPS) is 12.7. The summed E-state index contributed by atoms with van der Waals surface area (Å²) in [6.07, 6.45) is 0.427. The maximum atomic E-state index is 10.8. The minimum Gasteiger partial charge on any atom is -0.469 e. The summed E-state index contributed by atoms with van der Waals surface area (Å²) in [5.74, 6) is -0.143. The maximum Gasteiger partial charge on any atom is 0.309 e. The minimum absolute atomic E-state index is 0.000324. The van der Waals surface area contributed by atoms with E-state index in [2.05, 4.69) is 17.4 Å². The molecule has 0 heterocycles. The fourth-order valence-corrected chi connectivity index (χ4v) is 0.938. The van der Waals surface area contributed by atoms with Crippen molar-refractivity contribution in [3.8, 4) is 0 Å². The van der Waals surface area contributed by atoms with Crippen molar-refractivity contribution >= 4 is 18.6 Å². The van der Waals surface area contributed by atoms with Gasteiger partial charge < -0.3 is 9.84 Å². The molecule has 0 bridgehead atoms. The Morgan fingerprint density at radius 1 is 1.80 bits per heavy atom. The lowest BCUT2D eigenvalue weighted by atomic mass is 10.1. The van der Waals surface area contributed by atoms with Crippen molar-refractivity contribution in [3.05, 3.63) is 0 Å². The summed E-state index contributed by atoms with van der Waals surface area (Å²) in [7, 11) is 1.33. The highest BCUT2D eigenvalue weighted by molar-refractivity contribution is 7.80. The molecule has 0 fully saturated rings. The third kappa shape index (κ3) is 3.08. The number of aliphatic hydroxyl groups is 1. The third-order valence-corrected chi connectivity index (χ3v) is 1.67. The van der Waals surface area contributed by atoms with E-state index in [9.17, 15) is 4.79 Å². The van der Waals surface area contributed by atoms with Gasteiger partial charge in [-0.2, -0.15) is 12.6 Å². The Morgan fingerprint density at radius 3 is 2.70 bits per heavy atom. The number of aliphatic hydroxyl groups excluding tert-OH is 1. The second-order valence-corrected chi connectivity index (χ2v) is 2.28. The van der Waals surface area contributed by atoms with Crippen molar-refractivity contribution in [2.24, 2.45) is 5.92 Å². The number of hydrogen-bond donors (Lipinski definition) is 2. The summed E-state index contributed by atoms with van der Waals surface area (Å²) in [5.41, 5.74) is 0. The van der Waals surface area contributed by atoms with Crippen LogP contribution in [0.4, 0.5) is 0 Å². The van der Waals surface area contributed by atoms with Gasteiger partial charge in [-0.1, -0.05) is 0 Å². The molecule has 0 aliphatic carbocycles. The lowest BCUT2D eigenvalue weighted by Gasteiger charge is -2.08. The van der Waals surface area contributed by atoms with Crippen LogP contribution in [-0.4, -0.2) is 30.5 Å². The summed E-state index contributed by atoms with van der Waals surface area (Å²) in [4.78, 5) is 10.8. The first-order valence-corrected chi connectivity index (χ1v) is 3.69. The summed E-state index contributed by atoms with van der Waals surface area (Å²) in [6, 6.07) is 0. The van der Waals surface area contributed by atoms with Gasteiger partial charge in [0.1, 0.15) is 0 Å². The minimum atomic E-state index is -0.302. The van der Waals surface area contributed by atoms with Crippen LogP contribution in [0.15, 0.2) is 0 Å². The first kappa shape index (κ1) is 9.78. The van der Waals surface area contributed by atoms with Crippen LogP contribution < -0.4 is 0 Å². The first-order chi connectivity index (χ1) is 4.76. The van der Waals surface area contributed by atoms with E-state index in [4.69, 9.17) is 5.11 Å². The van der Waals surface area contributed by atoms with Crippen LogP contribution in [0.25, 0.3) is 0 Å². The van der Waals surface area contributed by atoms with E-state index in [1.807, 2.05) is 0 Å². The Kier molecular flexibility index (Phi) is 5.43. The molecular weight excluding hydrogens is 152 g/mol. The molecule has 0 aromatic carbocycles. The van der Waals surface area contributed by atoms with Gasteiger partial charge in [-0.3, -0.25) is 4.79 Å². The molecule has 1 unspecified atom stereocenters. The third-order valence-electron chi connectivity index (χ3n) is 1.23. The zero-order chi connectivity index (χ0) is 7.98. The summed E-state index contributed by atoms with van der Waals surface area (Å²) in [6.45, 7) is 0.000324. The zero-order valence-corrected chi connectivity index (χ0v) is 6.80. The van der Waals surface area contributed by atoms with Crippen molar-refractivity contribution in [2.75, 3.05) is 19.5 Å². The molecule has 0 amide bonds. The van der Waals surface area contributed by atoms with Crippen LogP contribution in [0.1, 0.15) is 6.42 Å². The van der Waals surface area contributed by atoms with Gasteiger partial charge in [-0.25, -0.2) is 0 Å². The number of hydrogen-bond acceptors (Lipinski definition) is 4. The molecule has 0 saturated carbocycles. The van der Waals surface area contributed by atoms with Crippen LogP contribution in [0, 0.1) is 5.92 Å². The van der Waals surface area contributed by atoms with E-state index in [1.165, 1.54) is 7.11 Å². The molecular formula is C6H12O3S. The lowest BCUT2D eigenvalue weighted by Crippen LogP contribution is -2.18.